The largest absolute Gasteiger partial charge is 3.00 e. The van der Waals surface area contributed by atoms with Gasteiger partial charge in [0.05, 0.1) is 7.82 Å². The van der Waals surface area contributed by atoms with Gasteiger partial charge in [0.1, 0.15) is 0 Å². The smallest absolute Gasteiger partial charge is 0.790 e. The van der Waals surface area contributed by atoms with Gasteiger partial charge in [0.15, 0.2) is 0 Å². The van der Waals surface area contributed by atoms with E-state index < -0.39 is 15.6 Å². The number of rotatable bonds is 2. The van der Waals surface area contributed by atoms with Crippen LogP contribution in [0, 0.1) is 0 Å². The van der Waals surface area contributed by atoms with Crippen LogP contribution in [0.4, 0.5) is 0 Å². The first-order valence-electron chi connectivity index (χ1n) is 1.48. The zero-order valence-electron chi connectivity index (χ0n) is 5.14. The number of hydrogen-bond acceptors (Lipinski definition) is 6. The van der Waals surface area contributed by atoms with Crippen molar-refractivity contribution in [1.82, 2.24) is 0 Å². The van der Waals surface area contributed by atoms with Gasteiger partial charge in [-0.1, -0.05) is 0 Å². The number of hydrogen-bond donors (Lipinski definition) is 1. The molecular weight excluding hydrogens is 253 g/mol. The van der Waals surface area contributed by atoms with Gasteiger partial charge in [-0.05, 0) is 0 Å². The van der Waals surface area contributed by atoms with Gasteiger partial charge in [0.25, 0.3) is 7.82 Å². The Morgan fingerprint density at radius 2 is 1.45 bits per heavy atom. The molecule has 11 heteroatoms. The van der Waals surface area contributed by atoms with E-state index in [-0.39, 0.29) is 46.6 Å². The molecule has 0 aromatic rings. The molecule has 0 rings (SSSR count). The molecule has 0 aliphatic carbocycles. The maximum atomic E-state index is 9.44. The van der Waals surface area contributed by atoms with E-state index in [0.717, 1.165) is 0 Å². The number of phosphoric acid groups is 2. The van der Waals surface area contributed by atoms with E-state index >= 15 is 0 Å². The molecule has 1 N–H and O–H groups in total. The van der Waals surface area contributed by atoms with Gasteiger partial charge < -0.3 is 24.1 Å². The summed E-state index contributed by atoms with van der Waals surface area (Å²) < 4.78 is 21.4. The van der Waals surface area contributed by atoms with Crippen molar-refractivity contribution in [3.63, 3.8) is 0 Å². The van der Waals surface area contributed by atoms with Crippen molar-refractivity contribution in [1.29, 1.82) is 0 Å². The Balaban J connectivity index is -0.000000320. The van der Waals surface area contributed by atoms with Crippen LogP contribution in [0.3, 0.4) is 0 Å². The summed E-state index contributed by atoms with van der Waals surface area (Å²) in [5, 5.41) is 0. The average molecular weight is 254 g/mol. The molecule has 0 aliphatic heterocycles. The minimum atomic E-state index is -5.61. The van der Waals surface area contributed by atoms with Crippen molar-refractivity contribution in [2.24, 2.45) is 0 Å². The molecule has 0 saturated heterocycles. The van der Waals surface area contributed by atoms with Gasteiger partial charge in [-0.3, -0.25) is 8.88 Å². The zero-order valence-corrected chi connectivity index (χ0v) is 10.0. The summed E-state index contributed by atoms with van der Waals surface area (Å²) in [6.07, 6.45) is 0. The Morgan fingerprint density at radius 1 is 1.18 bits per heavy atom. The Kier molecular flexibility index (Phi) is 10.6. The van der Waals surface area contributed by atoms with Gasteiger partial charge in [0, 0.05) is 29.6 Å². The van der Waals surface area contributed by atoms with Gasteiger partial charge in [0.2, 0.25) is 0 Å². The van der Waals surface area contributed by atoms with Crippen LogP contribution in [0.15, 0.2) is 0 Å². The van der Waals surface area contributed by atoms with Gasteiger partial charge in [-0.25, -0.2) is 0 Å². The summed E-state index contributed by atoms with van der Waals surface area (Å²) >= 11 is 0. The molecule has 1 unspecified atom stereocenters. The fourth-order valence-electron chi connectivity index (χ4n) is 0.126. The monoisotopic (exact) mass is 254 g/mol. The first-order valence-corrected chi connectivity index (χ1v) is 4.43. The summed E-state index contributed by atoms with van der Waals surface area (Å²) in [4.78, 5) is 35.7. The Labute approximate surface area is 94.8 Å². The van der Waals surface area contributed by atoms with E-state index in [2.05, 4.69) is 4.31 Å². The standard InChI is InChI=1S/Fe.Na.H4O7P2/c;;1-8(2,3)7-9(4,5)6/h;;(H2,1,2,3)(H2,4,5,6)/q+3;;/p-3. The molecule has 1 atom stereocenters. The van der Waals surface area contributed by atoms with Crippen LogP contribution in [-0.4, -0.2) is 34.5 Å². The van der Waals surface area contributed by atoms with Crippen molar-refractivity contribution in [2.45, 2.75) is 0 Å². The second-order valence-electron chi connectivity index (χ2n) is 0.997. The van der Waals surface area contributed by atoms with E-state index in [0.29, 0.717) is 0 Å². The second kappa shape index (κ2) is 6.27. The molecule has 0 saturated carbocycles. The molecule has 0 spiro atoms. The predicted octanol–water partition coefficient (Wildman–Crippen LogP) is -3.09. The summed E-state index contributed by atoms with van der Waals surface area (Å²) in [5.41, 5.74) is 0. The van der Waals surface area contributed by atoms with Crippen LogP contribution in [0.1, 0.15) is 0 Å². The van der Waals surface area contributed by atoms with Crippen molar-refractivity contribution in [3.8, 4) is 0 Å². The molecule has 0 aromatic carbocycles. The molecule has 62 valence electrons. The molecular formula is HFeNaO7P2. The zero-order chi connectivity index (χ0) is 7.71. The molecule has 2 radical (unpaired) electrons. The molecule has 0 amide bonds. The molecule has 7 nitrogen and oxygen atoms in total. The van der Waals surface area contributed by atoms with Gasteiger partial charge in [-0.2, -0.15) is 0 Å². The molecule has 0 aliphatic rings. The van der Waals surface area contributed by atoms with Crippen molar-refractivity contribution in [2.75, 3.05) is 0 Å². The minimum absolute atomic E-state index is 0. The maximum absolute atomic E-state index is 9.44. The summed E-state index contributed by atoms with van der Waals surface area (Å²) in [6, 6.07) is 0. The third-order valence-electron chi connectivity index (χ3n) is 0.203. The van der Waals surface area contributed by atoms with E-state index in [1.54, 1.807) is 0 Å². The van der Waals surface area contributed by atoms with Gasteiger partial charge in [-0.15, -0.1) is 0 Å². The molecule has 0 bridgehead atoms. The fourth-order valence-corrected chi connectivity index (χ4v) is 1.14. The molecule has 0 aromatic heterocycles. The average Bonchev–Trinajstić information content (AvgIpc) is 1.14. The van der Waals surface area contributed by atoms with Crippen LogP contribution in [-0.2, 0) is 30.5 Å². The second-order valence-corrected chi connectivity index (χ2v) is 3.48. The summed E-state index contributed by atoms with van der Waals surface area (Å²) in [5.74, 6) is 0. The maximum Gasteiger partial charge on any atom is 3.00 e. The topological polar surface area (TPSA) is 133 Å². The van der Waals surface area contributed by atoms with Crippen LogP contribution in [0.5, 0.6) is 0 Å². The Hall–Kier alpha value is 1.78. The Morgan fingerprint density at radius 3 is 1.45 bits per heavy atom. The van der Waals surface area contributed by atoms with Crippen LogP contribution in [0.2, 0.25) is 0 Å². The van der Waals surface area contributed by atoms with E-state index in [1.165, 1.54) is 0 Å². The van der Waals surface area contributed by atoms with Crippen molar-refractivity contribution in [3.05, 3.63) is 0 Å². The van der Waals surface area contributed by atoms with Gasteiger partial charge >= 0.3 is 17.1 Å². The van der Waals surface area contributed by atoms with Crippen molar-refractivity contribution < 1.29 is 50.1 Å². The first kappa shape index (κ1) is 18.5. The summed E-state index contributed by atoms with van der Waals surface area (Å²) in [6.45, 7) is 0. The normalized spacial score (nSPS) is 15.6. The molecule has 0 fully saturated rings. The third-order valence-corrected chi connectivity index (χ3v) is 1.83. The fraction of sp³-hybridized carbons (Fsp3) is 0. The van der Waals surface area contributed by atoms with Crippen LogP contribution < -0.4 is 14.7 Å². The van der Waals surface area contributed by atoms with E-state index in [4.69, 9.17) is 4.89 Å². The van der Waals surface area contributed by atoms with Crippen LogP contribution in [0.25, 0.3) is 0 Å². The SMILES string of the molecule is O=P([O-])([O-])OP(=O)([O-])O.[Fe+3].[Na]. The predicted molar refractivity (Wildman–Crippen MR) is 24.3 cm³/mol. The molecule has 0 heterocycles. The van der Waals surface area contributed by atoms with Crippen LogP contribution >= 0.6 is 15.6 Å². The van der Waals surface area contributed by atoms with Crippen molar-refractivity contribution >= 4 is 45.2 Å². The summed E-state index contributed by atoms with van der Waals surface area (Å²) in [7, 11) is -11.0. The van der Waals surface area contributed by atoms with E-state index in [1.807, 2.05) is 0 Å². The minimum Gasteiger partial charge on any atom is -0.790 e. The third kappa shape index (κ3) is 18.6. The quantitative estimate of drug-likeness (QED) is 0.407. The van der Waals surface area contributed by atoms with E-state index in [9.17, 15) is 23.8 Å². The Bertz CT molecular complexity index is 157. The first-order chi connectivity index (χ1) is 3.71. The molecule has 11 heavy (non-hydrogen) atoms.